The lowest BCUT2D eigenvalue weighted by atomic mass is 9.89. The first-order chi connectivity index (χ1) is 6.85. The minimum absolute atomic E-state index is 0.446. The highest BCUT2D eigenvalue weighted by Crippen LogP contribution is 2.30. The van der Waals surface area contributed by atoms with Crippen molar-refractivity contribution in [3.05, 3.63) is 0 Å². The van der Waals surface area contributed by atoms with Gasteiger partial charge in [0.05, 0.1) is 12.2 Å². The van der Waals surface area contributed by atoms with Crippen LogP contribution in [0, 0.1) is 0 Å². The summed E-state index contributed by atoms with van der Waals surface area (Å²) in [6.07, 6.45) is 6.11. The summed E-state index contributed by atoms with van der Waals surface area (Å²) in [5.41, 5.74) is 0. The van der Waals surface area contributed by atoms with Crippen LogP contribution in [-0.4, -0.2) is 43.3 Å². The Bertz CT molecular complexity index is 185. The fourth-order valence-electron chi connectivity index (χ4n) is 2.49. The lowest BCUT2D eigenvalue weighted by Crippen LogP contribution is -2.59. The zero-order valence-corrected chi connectivity index (χ0v) is 10.8. The van der Waals surface area contributed by atoms with Crippen molar-refractivity contribution in [3.63, 3.8) is 0 Å². The van der Waals surface area contributed by atoms with Gasteiger partial charge in [0.25, 0.3) is 0 Å². The molecule has 1 saturated carbocycles. The molecule has 0 bridgehead atoms. The molecule has 14 heavy (non-hydrogen) atoms. The van der Waals surface area contributed by atoms with E-state index in [1.807, 2.05) is 0 Å². The normalized spacial score (nSPS) is 35.6. The van der Waals surface area contributed by atoms with Crippen molar-refractivity contribution < 1.29 is 7.80 Å². The predicted molar refractivity (Wildman–Crippen MR) is 63.5 cm³/mol. The Morgan fingerprint density at radius 3 is 2.57 bits per heavy atom. The Hall–Kier alpha value is 0.610. The van der Waals surface area contributed by atoms with Crippen molar-refractivity contribution in [1.82, 2.24) is 4.90 Å². The van der Waals surface area contributed by atoms with E-state index in [0.717, 1.165) is 13.1 Å². The van der Waals surface area contributed by atoms with E-state index in [9.17, 15) is 0 Å². The second-order valence-electron chi connectivity index (χ2n) is 4.29. The second kappa shape index (κ2) is 5.09. The van der Waals surface area contributed by atoms with Gasteiger partial charge in [-0.05, 0) is 12.8 Å². The fraction of sp³-hybridized carbons (Fsp3) is 1.00. The van der Waals surface area contributed by atoms with Crippen LogP contribution >= 0.6 is 23.0 Å². The molecule has 82 valence electrons. The standard InChI is InChI=1S/C10H18INO2/c1-13-8-6-12(7-8)9-4-2-3-5-10(9)14-11/h8-10H,2-7H2,1H3. The van der Waals surface area contributed by atoms with Crippen LogP contribution in [0.3, 0.4) is 0 Å². The number of nitrogens with zero attached hydrogens (tertiary/aromatic N) is 1. The van der Waals surface area contributed by atoms with E-state index in [2.05, 4.69) is 27.9 Å². The summed E-state index contributed by atoms with van der Waals surface area (Å²) < 4.78 is 10.8. The van der Waals surface area contributed by atoms with Gasteiger partial charge in [-0.1, -0.05) is 12.8 Å². The smallest absolute Gasteiger partial charge is 0.110 e. The molecule has 0 aromatic carbocycles. The van der Waals surface area contributed by atoms with Crippen molar-refractivity contribution in [2.45, 2.75) is 43.9 Å². The molecule has 3 nitrogen and oxygen atoms in total. The molecule has 2 atom stereocenters. The minimum atomic E-state index is 0.446. The van der Waals surface area contributed by atoms with Crippen molar-refractivity contribution in [2.75, 3.05) is 20.2 Å². The van der Waals surface area contributed by atoms with Crippen molar-refractivity contribution in [2.24, 2.45) is 0 Å². The molecule has 1 heterocycles. The molecule has 1 aliphatic carbocycles. The zero-order chi connectivity index (χ0) is 9.97. The number of methoxy groups -OCH3 is 1. The maximum atomic E-state index is 5.52. The summed E-state index contributed by atoms with van der Waals surface area (Å²) in [5, 5.41) is 0. The molecule has 2 unspecified atom stereocenters. The molecule has 0 aromatic heterocycles. The molecular formula is C10H18INO2. The number of rotatable bonds is 3. The third-order valence-electron chi connectivity index (χ3n) is 3.46. The van der Waals surface area contributed by atoms with Gasteiger partial charge in [-0.25, -0.2) is 0 Å². The lowest BCUT2D eigenvalue weighted by Gasteiger charge is -2.47. The van der Waals surface area contributed by atoms with Gasteiger partial charge in [-0.2, -0.15) is 0 Å². The van der Waals surface area contributed by atoms with Gasteiger partial charge in [-0.3, -0.25) is 4.90 Å². The molecule has 2 rings (SSSR count). The molecule has 4 heteroatoms. The summed E-state index contributed by atoms with van der Waals surface area (Å²) in [6.45, 7) is 2.19. The minimum Gasteiger partial charge on any atom is -0.379 e. The number of likely N-dealkylation sites (tertiary alicyclic amines) is 1. The molecule has 1 saturated heterocycles. The predicted octanol–water partition coefficient (Wildman–Crippen LogP) is 1.99. The fourth-order valence-corrected chi connectivity index (χ4v) is 3.08. The average Bonchev–Trinajstić information content (AvgIpc) is 2.17. The maximum Gasteiger partial charge on any atom is 0.110 e. The van der Waals surface area contributed by atoms with E-state index in [-0.39, 0.29) is 0 Å². The Kier molecular flexibility index (Phi) is 4.04. The van der Waals surface area contributed by atoms with Crippen LogP contribution in [0.15, 0.2) is 0 Å². The van der Waals surface area contributed by atoms with E-state index < -0.39 is 0 Å². The molecular weight excluding hydrogens is 293 g/mol. The van der Waals surface area contributed by atoms with Crippen molar-refractivity contribution >= 4 is 23.0 Å². The van der Waals surface area contributed by atoms with Crippen LogP contribution in [0.4, 0.5) is 0 Å². The largest absolute Gasteiger partial charge is 0.379 e. The summed E-state index contributed by atoms with van der Waals surface area (Å²) in [7, 11) is 1.80. The van der Waals surface area contributed by atoms with Crippen molar-refractivity contribution in [1.29, 1.82) is 0 Å². The molecule has 1 aliphatic heterocycles. The van der Waals surface area contributed by atoms with Crippen LogP contribution in [0.25, 0.3) is 0 Å². The lowest BCUT2D eigenvalue weighted by molar-refractivity contribution is -0.0767. The van der Waals surface area contributed by atoms with Gasteiger partial charge >= 0.3 is 0 Å². The van der Waals surface area contributed by atoms with E-state index in [4.69, 9.17) is 7.80 Å². The van der Waals surface area contributed by atoms with Gasteiger partial charge < -0.3 is 7.80 Å². The Labute approximate surface area is 99.8 Å². The average molecular weight is 311 g/mol. The first-order valence-corrected chi connectivity index (χ1v) is 6.27. The second-order valence-corrected chi connectivity index (χ2v) is 4.80. The molecule has 0 radical (unpaired) electrons. The van der Waals surface area contributed by atoms with E-state index in [1.54, 1.807) is 7.11 Å². The Morgan fingerprint density at radius 2 is 1.93 bits per heavy atom. The first-order valence-electron chi connectivity index (χ1n) is 5.39. The van der Waals surface area contributed by atoms with Gasteiger partial charge in [0.1, 0.15) is 23.0 Å². The van der Waals surface area contributed by atoms with E-state index in [1.165, 1.54) is 25.7 Å². The third kappa shape index (κ3) is 2.23. The monoisotopic (exact) mass is 311 g/mol. The quantitative estimate of drug-likeness (QED) is 0.744. The Balaban J connectivity index is 1.83. The van der Waals surface area contributed by atoms with Gasteiger partial charge in [-0.15, -0.1) is 0 Å². The summed E-state index contributed by atoms with van der Waals surface area (Å²) in [5.74, 6) is 0. The molecule has 0 amide bonds. The highest BCUT2D eigenvalue weighted by atomic mass is 127. The number of halogens is 1. The molecule has 2 fully saturated rings. The van der Waals surface area contributed by atoms with E-state index in [0.29, 0.717) is 18.2 Å². The Morgan fingerprint density at radius 1 is 1.21 bits per heavy atom. The zero-order valence-electron chi connectivity index (χ0n) is 8.62. The topological polar surface area (TPSA) is 21.7 Å². The highest BCUT2D eigenvalue weighted by molar-refractivity contribution is 14.1. The third-order valence-corrected chi connectivity index (χ3v) is 4.11. The molecule has 0 N–H and O–H groups in total. The first kappa shape index (κ1) is 11.1. The van der Waals surface area contributed by atoms with Crippen LogP contribution in [0.5, 0.6) is 0 Å². The van der Waals surface area contributed by atoms with Gasteiger partial charge in [0.15, 0.2) is 0 Å². The van der Waals surface area contributed by atoms with E-state index >= 15 is 0 Å². The van der Waals surface area contributed by atoms with Crippen LogP contribution in [0.2, 0.25) is 0 Å². The summed E-state index contributed by atoms with van der Waals surface area (Å²) >= 11 is 2.05. The van der Waals surface area contributed by atoms with Crippen LogP contribution in [0.1, 0.15) is 25.7 Å². The molecule has 0 spiro atoms. The maximum absolute atomic E-state index is 5.52. The summed E-state index contributed by atoms with van der Waals surface area (Å²) in [6, 6.07) is 0.645. The number of hydrogen-bond acceptors (Lipinski definition) is 3. The van der Waals surface area contributed by atoms with Crippen LogP contribution < -0.4 is 0 Å². The number of hydrogen-bond donors (Lipinski definition) is 0. The van der Waals surface area contributed by atoms with Crippen LogP contribution in [-0.2, 0) is 7.80 Å². The van der Waals surface area contributed by atoms with Crippen molar-refractivity contribution in [3.8, 4) is 0 Å². The van der Waals surface area contributed by atoms with Gasteiger partial charge in [0.2, 0.25) is 0 Å². The molecule has 2 aliphatic rings. The highest BCUT2D eigenvalue weighted by Gasteiger charge is 2.37. The summed E-state index contributed by atoms with van der Waals surface area (Å²) in [4.78, 5) is 2.51. The molecule has 0 aromatic rings. The number of ether oxygens (including phenoxy) is 1. The van der Waals surface area contributed by atoms with Gasteiger partial charge in [0, 0.05) is 26.2 Å². The SMILES string of the molecule is COC1CN(C2CCCCC2OI)C1.